The van der Waals surface area contributed by atoms with Crippen molar-refractivity contribution in [3.63, 3.8) is 0 Å². The zero-order valence-electron chi connectivity index (χ0n) is 5.53. The molecular weight excluding hydrogens is 223 g/mol. The zero-order valence-corrected chi connectivity index (χ0v) is 7.16. The maximum absolute atomic E-state index is 11.4. The van der Waals surface area contributed by atoms with Gasteiger partial charge in [0.15, 0.2) is 10.0 Å². The lowest BCUT2D eigenvalue weighted by atomic mass is 11.6. The van der Waals surface area contributed by atoms with E-state index in [1.807, 2.05) is 0 Å². The molecule has 0 bridgehead atoms. The quantitative estimate of drug-likeness (QED) is 0.671. The molecule has 0 aromatic heterocycles. The third-order valence-electron chi connectivity index (χ3n) is 0.526. The highest BCUT2D eigenvalue weighted by Gasteiger charge is 2.39. The van der Waals surface area contributed by atoms with Crippen LogP contribution in [0.1, 0.15) is 0 Å². The summed E-state index contributed by atoms with van der Waals surface area (Å²) in [5.74, 6) is 0. The van der Waals surface area contributed by atoms with Crippen LogP contribution in [0, 0.1) is 0 Å². The Kier molecular flexibility index (Phi) is 2.77. The summed E-state index contributed by atoms with van der Waals surface area (Å²) in [6.45, 7) is 0. The molecular formula is C2H3F3NO4S2-. The number of sulfonamides is 2. The first-order valence-electron chi connectivity index (χ1n) is 2.21. The molecule has 0 aliphatic heterocycles. The first kappa shape index (κ1) is 11.6. The topological polar surface area (TPSA) is 82.4 Å². The third-order valence-corrected chi connectivity index (χ3v) is 2.98. The largest absolute Gasteiger partial charge is 0.480 e. The van der Waals surface area contributed by atoms with Crippen LogP contribution in [0.4, 0.5) is 13.2 Å². The van der Waals surface area contributed by atoms with Crippen molar-refractivity contribution < 1.29 is 30.0 Å². The van der Waals surface area contributed by atoms with Gasteiger partial charge in [-0.15, -0.1) is 0 Å². The Hall–Kier alpha value is -0.350. The molecule has 0 spiro atoms. The lowest BCUT2D eigenvalue weighted by Crippen LogP contribution is -2.23. The van der Waals surface area contributed by atoms with Gasteiger partial charge in [-0.05, 0) is 0 Å². The summed E-state index contributed by atoms with van der Waals surface area (Å²) in [4.78, 5) is 0. The van der Waals surface area contributed by atoms with Gasteiger partial charge in [-0.2, -0.15) is 13.2 Å². The minimum absolute atomic E-state index is 0.246. The SMILES string of the molecule is CS(=O)(=O)[N-]S(=O)(=O)C(F)(F)F. The molecule has 0 rings (SSSR count). The van der Waals surface area contributed by atoms with E-state index in [1.54, 1.807) is 4.13 Å². The fraction of sp³-hybridized carbons (Fsp3) is 1.00. The monoisotopic (exact) mass is 226 g/mol. The van der Waals surface area contributed by atoms with Crippen molar-refractivity contribution in [2.75, 3.05) is 6.26 Å². The number of alkyl halides is 3. The van der Waals surface area contributed by atoms with Gasteiger partial charge in [0.25, 0.3) is 0 Å². The number of rotatable bonds is 2. The minimum atomic E-state index is -5.92. The van der Waals surface area contributed by atoms with Crippen LogP contribution in [0.2, 0.25) is 0 Å². The summed E-state index contributed by atoms with van der Waals surface area (Å²) < 4.78 is 76.0. The number of nitrogens with zero attached hydrogens (tertiary/aromatic N) is 1. The molecule has 0 saturated carbocycles. The van der Waals surface area contributed by atoms with E-state index in [-0.39, 0.29) is 6.26 Å². The Labute approximate surface area is 66.7 Å². The summed E-state index contributed by atoms with van der Waals surface area (Å²) in [5.41, 5.74) is -5.67. The fourth-order valence-corrected chi connectivity index (χ4v) is 1.98. The smallest absolute Gasteiger partial charge is 0.429 e. The van der Waals surface area contributed by atoms with Gasteiger partial charge in [0.05, 0.1) is 10.0 Å². The van der Waals surface area contributed by atoms with Crippen LogP contribution >= 0.6 is 0 Å². The van der Waals surface area contributed by atoms with Crippen LogP contribution in [0.5, 0.6) is 0 Å². The van der Waals surface area contributed by atoms with E-state index < -0.39 is 25.6 Å². The van der Waals surface area contributed by atoms with E-state index in [4.69, 9.17) is 0 Å². The standard InChI is InChI=1S/C2H3F3NO4S2/c1-11(7,8)6-12(9,10)2(3,4)5/h1H3/q-1. The van der Waals surface area contributed by atoms with E-state index in [0.717, 1.165) is 0 Å². The van der Waals surface area contributed by atoms with Crippen LogP contribution in [0.15, 0.2) is 0 Å². The molecule has 0 atom stereocenters. The average Bonchev–Trinajstić information content (AvgIpc) is 1.52. The van der Waals surface area contributed by atoms with Crippen LogP contribution in [-0.4, -0.2) is 28.6 Å². The predicted octanol–water partition coefficient (Wildman–Crippen LogP) is 0.169. The lowest BCUT2D eigenvalue weighted by Gasteiger charge is -2.19. The van der Waals surface area contributed by atoms with Gasteiger partial charge in [0.1, 0.15) is 0 Å². The summed E-state index contributed by atoms with van der Waals surface area (Å²) in [6, 6.07) is 0. The second-order valence-corrected chi connectivity index (χ2v) is 5.20. The lowest BCUT2D eigenvalue weighted by molar-refractivity contribution is -0.0425. The molecule has 0 aliphatic carbocycles. The first-order chi connectivity index (χ1) is 4.96. The maximum atomic E-state index is 11.4. The van der Waals surface area contributed by atoms with Gasteiger partial charge < -0.3 is 4.13 Å². The second-order valence-electron chi connectivity index (χ2n) is 1.73. The van der Waals surface area contributed by atoms with Gasteiger partial charge >= 0.3 is 5.51 Å². The molecule has 0 aromatic carbocycles. The normalized spacial score (nSPS) is 14.7. The molecule has 0 saturated heterocycles. The molecule has 5 nitrogen and oxygen atoms in total. The summed E-state index contributed by atoms with van der Waals surface area (Å²) in [7, 11) is -10.5. The predicted molar refractivity (Wildman–Crippen MR) is 33.2 cm³/mol. The number of hydrogen-bond acceptors (Lipinski definition) is 4. The van der Waals surface area contributed by atoms with Gasteiger partial charge in [-0.25, -0.2) is 16.8 Å². The van der Waals surface area contributed by atoms with Crippen LogP contribution < -0.4 is 0 Å². The van der Waals surface area contributed by atoms with Crippen molar-refractivity contribution in [2.45, 2.75) is 5.51 Å². The molecule has 74 valence electrons. The fourth-order valence-electron chi connectivity index (χ4n) is 0.221. The maximum Gasteiger partial charge on any atom is 0.480 e. The number of hydrogen-bond donors (Lipinski definition) is 0. The average molecular weight is 226 g/mol. The summed E-state index contributed by atoms with van der Waals surface area (Å²) >= 11 is 0. The van der Waals surface area contributed by atoms with Gasteiger partial charge in [-0.1, -0.05) is 0 Å². The molecule has 0 N–H and O–H groups in total. The summed E-state index contributed by atoms with van der Waals surface area (Å²) in [6.07, 6.45) is 0.246. The molecule has 0 fully saturated rings. The van der Waals surface area contributed by atoms with E-state index in [9.17, 15) is 30.0 Å². The molecule has 0 radical (unpaired) electrons. The first-order valence-corrected chi connectivity index (χ1v) is 5.50. The van der Waals surface area contributed by atoms with Crippen LogP contribution in [-0.2, 0) is 20.0 Å². The molecule has 12 heavy (non-hydrogen) atoms. The van der Waals surface area contributed by atoms with E-state index in [2.05, 4.69) is 0 Å². The van der Waals surface area contributed by atoms with Crippen molar-refractivity contribution in [2.24, 2.45) is 0 Å². The van der Waals surface area contributed by atoms with Crippen molar-refractivity contribution in [3.8, 4) is 0 Å². The Morgan fingerprint density at radius 3 is 1.50 bits per heavy atom. The Balaban J connectivity index is 4.96. The van der Waals surface area contributed by atoms with E-state index in [0.29, 0.717) is 0 Å². The van der Waals surface area contributed by atoms with Crippen LogP contribution in [0.25, 0.3) is 4.13 Å². The molecule has 0 aliphatic rings. The highest BCUT2D eigenvalue weighted by atomic mass is 32.3. The minimum Gasteiger partial charge on any atom is -0.429 e. The van der Waals surface area contributed by atoms with Crippen molar-refractivity contribution in [1.29, 1.82) is 0 Å². The van der Waals surface area contributed by atoms with E-state index in [1.165, 1.54) is 0 Å². The Morgan fingerprint density at radius 2 is 1.42 bits per heavy atom. The van der Waals surface area contributed by atoms with E-state index >= 15 is 0 Å². The number of halogens is 3. The summed E-state index contributed by atoms with van der Waals surface area (Å²) in [5, 5.41) is 0. The molecule has 0 unspecified atom stereocenters. The highest BCUT2D eigenvalue weighted by Crippen LogP contribution is 2.29. The zero-order chi connectivity index (χ0) is 10.2. The van der Waals surface area contributed by atoms with Gasteiger partial charge in [0, 0.05) is 6.26 Å². The molecule has 0 heterocycles. The molecule has 10 heteroatoms. The Bertz CT molecular complexity index is 350. The molecule has 0 amide bonds. The highest BCUT2D eigenvalue weighted by molar-refractivity contribution is 8.12. The van der Waals surface area contributed by atoms with Gasteiger partial charge in [-0.3, -0.25) is 0 Å². The van der Waals surface area contributed by atoms with Gasteiger partial charge in [0.2, 0.25) is 0 Å². The van der Waals surface area contributed by atoms with Crippen LogP contribution in [0.3, 0.4) is 0 Å². The van der Waals surface area contributed by atoms with Crippen molar-refractivity contribution >= 4 is 20.0 Å². The van der Waals surface area contributed by atoms with Crippen molar-refractivity contribution in [1.82, 2.24) is 0 Å². The third kappa shape index (κ3) is 3.36. The van der Waals surface area contributed by atoms with Crippen molar-refractivity contribution in [3.05, 3.63) is 4.13 Å². The second kappa shape index (κ2) is 2.85. The Morgan fingerprint density at radius 1 is 1.08 bits per heavy atom. The molecule has 0 aromatic rings.